The third kappa shape index (κ3) is 3.52. The van der Waals surface area contributed by atoms with Crippen molar-refractivity contribution in [3.8, 4) is 0 Å². The molecule has 0 fully saturated rings. The lowest BCUT2D eigenvalue weighted by molar-refractivity contribution is 0.132. The molecule has 0 saturated carbocycles. The van der Waals surface area contributed by atoms with Crippen LogP contribution < -0.4 is 0 Å². The number of benzene rings is 2. The van der Waals surface area contributed by atoms with Gasteiger partial charge in [0.1, 0.15) is 18.6 Å². The Kier molecular flexibility index (Phi) is 4.45. The first-order chi connectivity index (χ1) is 9.31. The van der Waals surface area contributed by atoms with Gasteiger partial charge in [0.15, 0.2) is 0 Å². The molecule has 95 valence electrons. The Balaban J connectivity index is 1.97. The number of halogens is 1. The molecule has 0 atom stereocenters. The van der Waals surface area contributed by atoms with Gasteiger partial charge in [0, 0.05) is 5.56 Å². The summed E-state index contributed by atoms with van der Waals surface area (Å²) < 4.78 is 13.3. The molecule has 0 unspecified atom stereocenters. The van der Waals surface area contributed by atoms with Crippen LogP contribution in [0, 0.1) is 5.82 Å². The molecule has 0 heterocycles. The van der Waals surface area contributed by atoms with Gasteiger partial charge >= 0.3 is 0 Å². The van der Waals surface area contributed by atoms with Gasteiger partial charge in [-0.25, -0.2) is 4.39 Å². The van der Waals surface area contributed by atoms with Crippen molar-refractivity contribution in [2.75, 3.05) is 0 Å². The SMILES string of the molecule is C=Cc1ccccc1CO/N=[C]\c1ccccc1F. The third-order valence-electron chi connectivity index (χ3n) is 2.60. The van der Waals surface area contributed by atoms with Gasteiger partial charge in [-0.15, -0.1) is 0 Å². The predicted molar refractivity (Wildman–Crippen MR) is 74.3 cm³/mol. The molecule has 0 amide bonds. The van der Waals surface area contributed by atoms with E-state index in [1.807, 2.05) is 24.3 Å². The summed E-state index contributed by atoms with van der Waals surface area (Å²) >= 11 is 0. The van der Waals surface area contributed by atoms with Crippen LogP contribution in [0.5, 0.6) is 0 Å². The molecule has 0 aromatic heterocycles. The predicted octanol–water partition coefficient (Wildman–Crippen LogP) is 3.90. The van der Waals surface area contributed by atoms with Gasteiger partial charge in [-0.1, -0.05) is 54.2 Å². The van der Waals surface area contributed by atoms with Crippen molar-refractivity contribution >= 4 is 12.3 Å². The molecule has 0 bridgehead atoms. The van der Waals surface area contributed by atoms with Crippen LogP contribution in [0.1, 0.15) is 16.7 Å². The van der Waals surface area contributed by atoms with Crippen LogP contribution in [-0.2, 0) is 11.4 Å². The maximum absolute atomic E-state index is 13.3. The highest BCUT2D eigenvalue weighted by atomic mass is 19.1. The molecule has 0 spiro atoms. The van der Waals surface area contributed by atoms with Gasteiger partial charge in [-0.05, 0) is 23.3 Å². The zero-order chi connectivity index (χ0) is 13.5. The van der Waals surface area contributed by atoms with Crippen LogP contribution in [0.4, 0.5) is 4.39 Å². The summed E-state index contributed by atoms with van der Waals surface area (Å²) in [6.07, 6.45) is 4.28. The molecule has 0 aliphatic carbocycles. The summed E-state index contributed by atoms with van der Waals surface area (Å²) in [5.74, 6) is -0.374. The Morgan fingerprint density at radius 3 is 2.68 bits per heavy atom. The molecule has 2 aromatic carbocycles. The minimum atomic E-state index is -0.374. The van der Waals surface area contributed by atoms with Crippen LogP contribution in [0.2, 0.25) is 0 Å². The number of hydrogen-bond acceptors (Lipinski definition) is 2. The summed E-state index contributed by atoms with van der Waals surface area (Å²) in [5.41, 5.74) is 2.24. The van der Waals surface area contributed by atoms with Gasteiger partial charge in [0.05, 0.1) is 0 Å². The Labute approximate surface area is 111 Å². The van der Waals surface area contributed by atoms with E-state index in [1.165, 1.54) is 6.07 Å². The third-order valence-corrected chi connectivity index (χ3v) is 2.60. The average Bonchev–Trinajstić information content (AvgIpc) is 2.45. The van der Waals surface area contributed by atoms with Crippen LogP contribution >= 0.6 is 0 Å². The van der Waals surface area contributed by atoms with Crippen molar-refractivity contribution in [3.05, 3.63) is 77.6 Å². The second-order valence-corrected chi connectivity index (χ2v) is 3.86. The molecule has 0 aliphatic rings. The molecule has 3 heteroatoms. The van der Waals surface area contributed by atoms with Gasteiger partial charge in [-0.3, -0.25) is 0 Å². The Hall–Kier alpha value is -2.42. The molecule has 0 N–H and O–H groups in total. The number of nitrogens with zero attached hydrogens (tertiary/aromatic N) is 1. The second kappa shape index (κ2) is 6.50. The van der Waals surface area contributed by atoms with Gasteiger partial charge in [0.2, 0.25) is 0 Å². The van der Waals surface area contributed by atoms with Crippen molar-refractivity contribution in [1.29, 1.82) is 0 Å². The fraction of sp³-hybridized carbons (Fsp3) is 0.0625. The van der Waals surface area contributed by atoms with E-state index < -0.39 is 0 Å². The van der Waals surface area contributed by atoms with Gasteiger partial charge in [-0.2, -0.15) is 0 Å². The van der Waals surface area contributed by atoms with E-state index >= 15 is 0 Å². The van der Waals surface area contributed by atoms with Crippen molar-refractivity contribution in [2.45, 2.75) is 6.61 Å². The fourth-order valence-corrected chi connectivity index (χ4v) is 1.60. The van der Waals surface area contributed by atoms with Gasteiger partial charge in [0.25, 0.3) is 0 Å². The highest BCUT2D eigenvalue weighted by Gasteiger charge is 1.99. The van der Waals surface area contributed by atoms with Crippen molar-refractivity contribution in [1.82, 2.24) is 0 Å². The quantitative estimate of drug-likeness (QED) is 0.586. The number of rotatable bonds is 5. The van der Waals surface area contributed by atoms with Crippen LogP contribution in [0.3, 0.4) is 0 Å². The molecule has 2 aromatic rings. The zero-order valence-electron chi connectivity index (χ0n) is 10.3. The minimum Gasteiger partial charge on any atom is -0.390 e. The maximum atomic E-state index is 13.3. The molecule has 2 rings (SSSR count). The summed E-state index contributed by atoms with van der Waals surface area (Å²) in [4.78, 5) is 5.12. The van der Waals surface area contributed by atoms with Crippen LogP contribution in [-0.4, -0.2) is 6.21 Å². The fourth-order valence-electron chi connectivity index (χ4n) is 1.60. The van der Waals surface area contributed by atoms with E-state index in [-0.39, 0.29) is 11.4 Å². The van der Waals surface area contributed by atoms with Crippen LogP contribution in [0.25, 0.3) is 6.08 Å². The Bertz CT molecular complexity index is 593. The number of hydrogen-bond donors (Lipinski definition) is 0. The topological polar surface area (TPSA) is 21.6 Å². The first-order valence-corrected chi connectivity index (χ1v) is 5.84. The molecule has 0 saturated heterocycles. The van der Waals surface area contributed by atoms with Crippen molar-refractivity contribution in [2.24, 2.45) is 5.16 Å². The monoisotopic (exact) mass is 254 g/mol. The smallest absolute Gasteiger partial charge is 0.142 e. The van der Waals surface area contributed by atoms with Crippen molar-refractivity contribution in [3.63, 3.8) is 0 Å². The lowest BCUT2D eigenvalue weighted by Gasteiger charge is -2.03. The molecule has 0 aliphatic heterocycles. The summed E-state index contributed by atoms with van der Waals surface area (Å²) in [5, 5.41) is 3.65. The second-order valence-electron chi connectivity index (χ2n) is 3.86. The van der Waals surface area contributed by atoms with E-state index in [4.69, 9.17) is 4.84 Å². The highest BCUT2D eigenvalue weighted by Crippen LogP contribution is 2.11. The van der Waals surface area contributed by atoms with E-state index in [0.717, 1.165) is 11.1 Å². The van der Waals surface area contributed by atoms with Gasteiger partial charge < -0.3 is 4.84 Å². The average molecular weight is 254 g/mol. The van der Waals surface area contributed by atoms with Crippen LogP contribution in [0.15, 0.2) is 60.3 Å². The zero-order valence-corrected chi connectivity index (χ0v) is 10.3. The normalized spacial score (nSPS) is 10.6. The lowest BCUT2D eigenvalue weighted by Crippen LogP contribution is -1.92. The maximum Gasteiger partial charge on any atom is 0.142 e. The highest BCUT2D eigenvalue weighted by molar-refractivity contribution is 5.79. The first-order valence-electron chi connectivity index (χ1n) is 5.84. The summed E-state index contributed by atoms with van der Waals surface area (Å²) in [6.45, 7) is 4.02. The van der Waals surface area contributed by atoms with E-state index in [0.29, 0.717) is 6.61 Å². The summed E-state index contributed by atoms with van der Waals surface area (Å²) in [6, 6.07) is 14.0. The Morgan fingerprint density at radius 1 is 1.16 bits per heavy atom. The lowest BCUT2D eigenvalue weighted by atomic mass is 10.1. The van der Waals surface area contributed by atoms with Crippen molar-refractivity contribution < 1.29 is 9.23 Å². The van der Waals surface area contributed by atoms with E-state index in [9.17, 15) is 4.39 Å². The largest absolute Gasteiger partial charge is 0.390 e. The summed E-state index contributed by atoms with van der Waals surface area (Å²) in [7, 11) is 0. The molecular formula is C16H13FNO. The van der Waals surface area contributed by atoms with E-state index in [2.05, 4.69) is 17.9 Å². The molecule has 2 nitrogen and oxygen atoms in total. The molecular weight excluding hydrogens is 241 g/mol. The Morgan fingerprint density at radius 2 is 1.89 bits per heavy atom. The standard InChI is InChI=1S/C16H13FNO/c1-2-13-7-3-4-9-15(13)12-19-18-11-14-8-5-6-10-16(14)17/h2-10H,1,12H2. The van der Waals surface area contributed by atoms with E-state index in [1.54, 1.807) is 24.3 Å². The minimum absolute atomic E-state index is 0.277. The molecule has 1 radical (unpaired) electrons. The molecule has 19 heavy (non-hydrogen) atoms. The first kappa shape index (κ1) is 13.0.